The van der Waals surface area contributed by atoms with Gasteiger partial charge in [-0.25, -0.2) is 13.8 Å². The van der Waals surface area contributed by atoms with Gasteiger partial charge in [0.25, 0.3) is 5.56 Å². The van der Waals surface area contributed by atoms with Gasteiger partial charge in [0.15, 0.2) is 0 Å². The first-order valence-electron chi connectivity index (χ1n) is 12.2. The number of ether oxygens (including phenoxy) is 1. The smallest absolute Gasteiger partial charge is 0.332 e. The average Bonchev–Trinajstić information content (AvgIpc) is 3.65. The number of aromatic nitrogens is 5. The van der Waals surface area contributed by atoms with Gasteiger partial charge in [0, 0.05) is 25.7 Å². The fourth-order valence-corrected chi connectivity index (χ4v) is 5.79. The molecule has 1 aromatic carbocycles. The summed E-state index contributed by atoms with van der Waals surface area (Å²) < 4.78 is 21.8. The van der Waals surface area contributed by atoms with Gasteiger partial charge in [0.2, 0.25) is 5.91 Å². The van der Waals surface area contributed by atoms with Crippen LogP contribution >= 0.6 is 11.3 Å². The van der Waals surface area contributed by atoms with Crippen LogP contribution in [0.5, 0.6) is 5.75 Å². The molecule has 1 atom stereocenters. The molecule has 0 unspecified atom stereocenters. The Labute approximate surface area is 226 Å². The van der Waals surface area contributed by atoms with E-state index in [0.717, 1.165) is 4.57 Å². The van der Waals surface area contributed by atoms with E-state index >= 15 is 0 Å². The molecule has 1 saturated heterocycles. The Morgan fingerprint density at radius 1 is 1.15 bits per heavy atom. The molecular formula is C25H29FN6O6S. The topological polar surface area (TPSA) is 145 Å². The van der Waals surface area contributed by atoms with E-state index in [-0.39, 0.29) is 32.1 Å². The number of carbonyl (C=O) groups is 1. The van der Waals surface area contributed by atoms with Gasteiger partial charge in [-0.1, -0.05) is 11.3 Å². The molecule has 1 aliphatic heterocycles. The third kappa shape index (κ3) is 5.35. The van der Waals surface area contributed by atoms with E-state index in [4.69, 9.17) is 14.9 Å². The standard InChI is InChI=1S/C23H23FN6O4S.C2H6O2/c1-13-18-20(32)29(16-7-10-27(2)19(16)31)23(33)28(22(18)35-21(13)30-25-8-9-26-30)11-6-14-12-15(24)4-5-17(14)34-3;3-1-2-4/h4-5,8-9,12,16H,6-7,10-11H2,1-3H3;3-4H,1-2H2/t16-;/m0./s1. The highest BCUT2D eigenvalue weighted by molar-refractivity contribution is 7.21. The fraction of sp³-hybridized carbons (Fsp3) is 0.400. The molecule has 14 heteroatoms. The van der Waals surface area contributed by atoms with Crippen LogP contribution in [0.15, 0.2) is 40.2 Å². The summed E-state index contributed by atoms with van der Waals surface area (Å²) in [7, 11) is 3.15. The lowest BCUT2D eigenvalue weighted by atomic mass is 10.1. The number of aliphatic hydroxyl groups is 2. The molecule has 0 saturated carbocycles. The number of rotatable bonds is 7. The molecule has 2 N–H and O–H groups in total. The SMILES string of the molecule is COc1ccc(F)cc1CCn1c(=O)n([C@H]2CCN(C)C2=O)c(=O)c2c(C)c(-n3nccn3)sc21.OCCO. The summed E-state index contributed by atoms with van der Waals surface area (Å²) >= 11 is 1.22. The number of aryl methyl sites for hydroxylation is 3. The molecule has 39 heavy (non-hydrogen) atoms. The van der Waals surface area contributed by atoms with Crippen molar-refractivity contribution >= 4 is 27.5 Å². The number of aliphatic hydroxyl groups excluding tert-OH is 2. The first-order valence-corrected chi connectivity index (χ1v) is 13.0. The molecule has 0 radical (unpaired) electrons. The third-order valence-electron chi connectivity index (χ3n) is 6.48. The zero-order valence-corrected chi connectivity index (χ0v) is 22.5. The van der Waals surface area contributed by atoms with Gasteiger partial charge in [0.1, 0.15) is 27.4 Å². The van der Waals surface area contributed by atoms with Gasteiger partial charge in [-0.05, 0) is 43.5 Å². The van der Waals surface area contributed by atoms with E-state index in [1.54, 1.807) is 14.0 Å². The number of thiophene rings is 1. The van der Waals surface area contributed by atoms with Gasteiger partial charge < -0.3 is 19.8 Å². The first-order chi connectivity index (χ1) is 18.7. The van der Waals surface area contributed by atoms with Crippen LogP contribution in [0, 0.1) is 12.7 Å². The Hall–Kier alpha value is -3.88. The number of fused-ring (bicyclic) bond motifs is 1. The van der Waals surface area contributed by atoms with Crippen LogP contribution in [-0.2, 0) is 17.8 Å². The minimum atomic E-state index is -0.870. The lowest BCUT2D eigenvalue weighted by Crippen LogP contribution is -2.44. The number of nitrogens with zero attached hydrogens (tertiary/aromatic N) is 6. The number of hydrogen-bond donors (Lipinski definition) is 2. The van der Waals surface area contributed by atoms with Gasteiger partial charge in [-0.3, -0.25) is 14.2 Å². The van der Waals surface area contributed by atoms with Crippen molar-refractivity contribution in [3.8, 4) is 10.8 Å². The largest absolute Gasteiger partial charge is 0.496 e. The number of hydrogen-bond acceptors (Lipinski definition) is 9. The van der Waals surface area contributed by atoms with E-state index in [9.17, 15) is 18.8 Å². The Kier molecular flexibility index (Phi) is 8.57. The molecule has 4 aromatic rings. The molecular weight excluding hydrogens is 531 g/mol. The molecule has 0 aliphatic carbocycles. The number of likely N-dealkylation sites (tertiary alicyclic amines) is 1. The van der Waals surface area contributed by atoms with Gasteiger partial charge in [-0.2, -0.15) is 10.2 Å². The van der Waals surface area contributed by atoms with E-state index < -0.39 is 23.1 Å². The molecule has 1 aliphatic rings. The summed E-state index contributed by atoms with van der Waals surface area (Å²) in [5, 5.41) is 24.5. The van der Waals surface area contributed by atoms with Gasteiger partial charge in [-0.15, -0.1) is 4.80 Å². The lowest BCUT2D eigenvalue weighted by molar-refractivity contribution is -0.129. The highest BCUT2D eigenvalue weighted by Gasteiger charge is 2.34. The second-order valence-electron chi connectivity index (χ2n) is 8.86. The Morgan fingerprint density at radius 2 is 1.85 bits per heavy atom. The van der Waals surface area contributed by atoms with Crippen molar-refractivity contribution in [1.29, 1.82) is 0 Å². The zero-order chi connectivity index (χ0) is 28.3. The highest BCUT2D eigenvalue weighted by atomic mass is 32.1. The van der Waals surface area contributed by atoms with E-state index in [0.29, 0.717) is 45.1 Å². The molecule has 12 nitrogen and oxygen atoms in total. The van der Waals surface area contributed by atoms with Crippen molar-refractivity contribution in [2.45, 2.75) is 32.4 Å². The normalized spacial score (nSPS) is 15.1. The monoisotopic (exact) mass is 560 g/mol. The Balaban J connectivity index is 0.000000826. The predicted octanol–water partition coefficient (Wildman–Crippen LogP) is 0.878. The van der Waals surface area contributed by atoms with Gasteiger partial charge in [0.05, 0.1) is 38.1 Å². The summed E-state index contributed by atoms with van der Waals surface area (Å²) in [5.41, 5.74) is 0.123. The minimum Gasteiger partial charge on any atom is -0.496 e. The molecule has 1 amide bonds. The quantitative estimate of drug-likeness (QED) is 0.339. The van der Waals surface area contributed by atoms with Crippen molar-refractivity contribution in [2.24, 2.45) is 0 Å². The fourth-order valence-electron chi connectivity index (χ4n) is 4.55. The number of benzene rings is 1. The molecule has 4 heterocycles. The van der Waals surface area contributed by atoms with Crippen molar-refractivity contribution in [2.75, 3.05) is 33.9 Å². The van der Waals surface area contributed by atoms with Crippen LogP contribution in [0.2, 0.25) is 0 Å². The maximum absolute atomic E-state index is 13.9. The number of halogens is 1. The van der Waals surface area contributed by atoms with E-state index in [1.165, 1.54) is 63.3 Å². The van der Waals surface area contributed by atoms with Crippen molar-refractivity contribution < 1.29 is 24.1 Å². The van der Waals surface area contributed by atoms with E-state index in [1.807, 2.05) is 0 Å². The van der Waals surface area contributed by atoms with Crippen LogP contribution in [0.1, 0.15) is 23.6 Å². The van der Waals surface area contributed by atoms with Crippen LogP contribution in [0.25, 0.3) is 15.2 Å². The Morgan fingerprint density at radius 3 is 2.44 bits per heavy atom. The molecule has 0 bridgehead atoms. The van der Waals surface area contributed by atoms with Crippen LogP contribution < -0.4 is 16.0 Å². The van der Waals surface area contributed by atoms with Crippen molar-refractivity contribution in [1.82, 2.24) is 29.0 Å². The number of methoxy groups -OCH3 is 1. The summed E-state index contributed by atoms with van der Waals surface area (Å²) in [6.45, 7) is 2.13. The van der Waals surface area contributed by atoms with Crippen molar-refractivity contribution in [3.05, 3.63) is 68.4 Å². The second-order valence-corrected chi connectivity index (χ2v) is 9.84. The van der Waals surface area contributed by atoms with Crippen LogP contribution in [0.3, 0.4) is 0 Å². The molecule has 0 spiro atoms. The van der Waals surface area contributed by atoms with Crippen molar-refractivity contribution in [3.63, 3.8) is 0 Å². The first kappa shape index (κ1) is 28.1. The molecule has 3 aromatic heterocycles. The van der Waals surface area contributed by atoms with E-state index in [2.05, 4.69) is 10.2 Å². The maximum atomic E-state index is 13.9. The Bertz CT molecular complexity index is 1590. The van der Waals surface area contributed by atoms with Crippen LogP contribution in [0.4, 0.5) is 4.39 Å². The lowest BCUT2D eigenvalue weighted by Gasteiger charge is -2.17. The highest BCUT2D eigenvalue weighted by Crippen LogP contribution is 2.31. The third-order valence-corrected chi connectivity index (χ3v) is 7.76. The minimum absolute atomic E-state index is 0.125. The summed E-state index contributed by atoms with van der Waals surface area (Å²) in [6.07, 6.45) is 3.69. The molecule has 1 fully saturated rings. The molecule has 5 rings (SSSR count). The maximum Gasteiger partial charge on any atom is 0.332 e. The molecule has 208 valence electrons. The summed E-state index contributed by atoms with van der Waals surface area (Å²) in [6, 6.07) is 3.34. The number of likely N-dealkylation sites (N-methyl/N-ethyl adjacent to an activating group) is 1. The summed E-state index contributed by atoms with van der Waals surface area (Å²) in [5.74, 6) is -0.189. The number of amides is 1. The zero-order valence-electron chi connectivity index (χ0n) is 21.7. The van der Waals surface area contributed by atoms with Gasteiger partial charge >= 0.3 is 5.69 Å². The predicted molar refractivity (Wildman–Crippen MR) is 142 cm³/mol. The van der Waals surface area contributed by atoms with Crippen LogP contribution in [-0.4, -0.2) is 79.1 Å². The number of carbonyl (C=O) groups excluding carboxylic acids is 1. The average molecular weight is 561 g/mol. The second kappa shape index (κ2) is 11.9. The summed E-state index contributed by atoms with van der Waals surface area (Å²) in [4.78, 5) is 43.5.